The van der Waals surface area contributed by atoms with Crippen LogP contribution in [-0.2, 0) is 14.3 Å². The molecule has 4 rings (SSSR count). The van der Waals surface area contributed by atoms with Gasteiger partial charge in [0.2, 0.25) is 5.91 Å². The van der Waals surface area contributed by atoms with Crippen LogP contribution in [-0.4, -0.2) is 46.4 Å². The number of amides is 2. The Bertz CT molecular complexity index is 754. The van der Waals surface area contributed by atoms with E-state index in [-0.39, 0.29) is 24.3 Å². The number of rotatable bonds is 4. The van der Waals surface area contributed by atoms with E-state index in [9.17, 15) is 9.59 Å². The molecule has 0 saturated carbocycles. The van der Waals surface area contributed by atoms with Gasteiger partial charge in [0.05, 0.1) is 11.3 Å². The van der Waals surface area contributed by atoms with Gasteiger partial charge in [-0.2, -0.15) is 0 Å². The van der Waals surface area contributed by atoms with Crippen LogP contribution < -0.4 is 5.32 Å². The molecule has 0 bridgehead atoms. The molecule has 2 fully saturated rings. The van der Waals surface area contributed by atoms with E-state index in [1.807, 2.05) is 30.3 Å². The van der Waals surface area contributed by atoms with Gasteiger partial charge in [-0.3, -0.25) is 14.5 Å². The van der Waals surface area contributed by atoms with Crippen LogP contribution in [0.15, 0.2) is 36.5 Å². The number of nitrogens with zero attached hydrogens (tertiary/aromatic N) is 2. The van der Waals surface area contributed by atoms with Crippen molar-refractivity contribution in [2.45, 2.75) is 31.3 Å². The van der Waals surface area contributed by atoms with Crippen molar-refractivity contribution in [1.29, 1.82) is 0 Å². The Morgan fingerprint density at radius 3 is 2.56 bits per heavy atom. The topological polar surface area (TPSA) is 71.5 Å². The summed E-state index contributed by atoms with van der Waals surface area (Å²) >= 11 is 1.45. The number of nitrogens with one attached hydrogen (secondary N) is 1. The Morgan fingerprint density at radius 1 is 1.12 bits per heavy atom. The zero-order valence-corrected chi connectivity index (χ0v) is 14.5. The Morgan fingerprint density at radius 2 is 1.88 bits per heavy atom. The zero-order valence-electron chi connectivity index (χ0n) is 13.7. The number of ether oxygens (including phenoxy) is 1. The lowest BCUT2D eigenvalue weighted by atomic mass is 10.1. The largest absolute Gasteiger partial charge is 0.381 e. The maximum atomic E-state index is 12.7. The molecule has 0 spiro atoms. The van der Waals surface area contributed by atoms with Gasteiger partial charge >= 0.3 is 0 Å². The predicted octanol–water partition coefficient (Wildman–Crippen LogP) is 2.53. The summed E-state index contributed by atoms with van der Waals surface area (Å²) in [6, 6.07) is 9.32. The van der Waals surface area contributed by atoms with E-state index in [2.05, 4.69) is 9.69 Å². The maximum Gasteiger partial charge on any atom is 0.252 e. The lowest BCUT2D eigenvalue weighted by Crippen LogP contribution is -2.44. The number of carbonyl (C=O) groups is 2. The highest BCUT2D eigenvalue weighted by Crippen LogP contribution is 2.27. The molecule has 1 unspecified atom stereocenters. The van der Waals surface area contributed by atoms with E-state index in [4.69, 9.17) is 4.74 Å². The van der Waals surface area contributed by atoms with Crippen LogP contribution in [0.5, 0.6) is 0 Å². The molecule has 1 aromatic heterocycles. The first-order valence-electron chi connectivity index (χ1n) is 8.43. The van der Waals surface area contributed by atoms with Crippen LogP contribution in [0.25, 0.3) is 10.4 Å². The van der Waals surface area contributed by atoms with Crippen LogP contribution in [0.2, 0.25) is 0 Å². The minimum Gasteiger partial charge on any atom is -0.381 e. The third-order valence-electron chi connectivity index (χ3n) is 4.69. The van der Waals surface area contributed by atoms with Gasteiger partial charge in [0.15, 0.2) is 0 Å². The fraction of sp³-hybridized carbons (Fsp3) is 0.389. The average Bonchev–Trinajstić information content (AvgIpc) is 3.26. The second kappa shape index (κ2) is 6.93. The second-order valence-electron chi connectivity index (χ2n) is 6.30. The van der Waals surface area contributed by atoms with Crippen molar-refractivity contribution >= 4 is 29.0 Å². The number of benzene rings is 1. The number of hydrogen-bond acceptors (Lipinski definition) is 6. The first kappa shape index (κ1) is 16.2. The Labute approximate surface area is 150 Å². The highest BCUT2D eigenvalue weighted by atomic mass is 32.1. The van der Waals surface area contributed by atoms with Gasteiger partial charge < -0.3 is 10.1 Å². The molecule has 1 atom stereocenters. The minimum absolute atomic E-state index is 0.0192. The van der Waals surface area contributed by atoms with Crippen LogP contribution in [0, 0.1) is 0 Å². The molecule has 6 nitrogen and oxygen atoms in total. The van der Waals surface area contributed by atoms with E-state index in [0.29, 0.717) is 13.2 Å². The van der Waals surface area contributed by atoms with E-state index in [1.165, 1.54) is 16.4 Å². The van der Waals surface area contributed by atoms with Crippen molar-refractivity contribution in [3.05, 3.63) is 36.5 Å². The number of carbonyl (C=O) groups excluding carboxylic acids is 2. The van der Waals surface area contributed by atoms with Gasteiger partial charge in [-0.15, -0.1) is 0 Å². The minimum atomic E-state index is -0.482. The fourth-order valence-electron chi connectivity index (χ4n) is 3.39. The summed E-state index contributed by atoms with van der Waals surface area (Å²) in [6.07, 6.45) is 3.45. The molecule has 2 aliphatic heterocycles. The molecule has 0 aliphatic carbocycles. The lowest BCUT2D eigenvalue weighted by Gasteiger charge is -2.29. The summed E-state index contributed by atoms with van der Waals surface area (Å²) in [5.41, 5.74) is 1.93. The van der Waals surface area contributed by atoms with Gasteiger partial charge in [0.1, 0.15) is 6.04 Å². The summed E-state index contributed by atoms with van der Waals surface area (Å²) in [4.78, 5) is 27.5. The molecular formula is C18H19N3O3S. The summed E-state index contributed by atoms with van der Waals surface area (Å²) in [5, 5.41) is 3.21. The summed E-state index contributed by atoms with van der Waals surface area (Å²) in [6.45, 7) is 1.22. The summed E-state index contributed by atoms with van der Waals surface area (Å²) < 4.78 is 9.43. The average molecular weight is 357 g/mol. The Balaban J connectivity index is 1.44. The number of hydrogen-bond donors (Lipinski definition) is 1. The van der Waals surface area contributed by atoms with E-state index in [0.717, 1.165) is 29.0 Å². The highest BCUT2D eigenvalue weighted by Gasteiger charge is 2.42. The summed E-state index contributed by atoms with van der Waals surface area (Å²) in [5.74, 6) is -0.209. The quantitative estimate of drug-likeness (QED) is 0.852. The van der Waals surface area contributed by atoms with E-state index in [1.54, 1.807) is 6.20 Å². The van der Waals surface area contributed by atoms with Crippen molar-refractivity contribution < 1.29 is 14.3 Å². The van der Waals surface area contributed by atoms with Gasteiger partial charge in [0, 0.05) is 31.1 Å². The third kappa shape index (κ3) is 3.29. The van der Waals surface area contributed by atoms with Crippen LogP contribution in [0.4, 0.5) is 5.69 Å². The molecule has 25 heavy (non-hydrogen) atoms. The molecule has 3 heterocycles. The monoisotopic (exact) mass is 357 g/mol. The molecule has 2 aromatic rings. The molecule has 1 aromatic carbocycles. The SMILES string of the molecule is O=C1CC(Nc2ccc(-c3ccns3)cc2)C(=O)N1C1CCOCC1. The second-order valence-corrected chi connectivity index (χ2v) is 7.13. The van der Waals surface area contributed by atoms with E-state index >= 15 is 0 Å². The van der Waals surface area contributed by atoms with Crippen LogP contribution >= 0.6 is 11.5 Å². The Kier molecular flexibility index (Phi) is 4.50. The maximum absolute atomic E-state index is 12.7. The third-order valence-corrected chi connectivity index (χ3v) is 5.48. The Hall–Kier alpha value is -2.25. The standard InChI is InChI=1S/C18H19N3O3S/c22-17-11-15(18(23)21(17)14-6-9-24-10-7-14)20-13-3-1-12(2-4-13)16-5-8-19-25-16/h1-5,8,14-15,20H,6-7,9-11H2. The van der Waals surface area contributed by atoms with Gasteiger partial charge in [-0.1, -0.05) is 12.1 Å². The van der Waals surface area contributed by atoms with E-state index < -0.39 is 6.04 Å². The number of aromatic nitrogens is 1. The lowest BCUT2D eigenvalue weighted by molar-refractivity contribution is -0.143. The van der Waals surface area contributed by atoms with Gasteiger partial charge in [0.25, 0.3) is 5.91 Å². The first-order chi connectivity index (χ1) is 12.2. The molecule has 2 amide bonds. The molecule has 130 valence electrons. The van der Waals surface area contributed by atoms with Crippen molar-refractivity contribution in [2.24, 2.45) is 0 Å². The van der Waals surface area contributed by atoms with Crippen molar-refractivity contribution in [3.8, 4) is 10.4 Å². The van der Waals surface area contributed by atoms with Gasteiger partial charge in [-0.05, 0) is 48.1 Å². The molecule has 0 radical (unpaired) electrons. The van der Waals surface area contributed by atoms with Gasteiger partial charge in [-0.25, -0.2) is 4.37 Å². The zero-order chi connectivity index (χ0) is 17.2. The first-order valence-corrected chi connectivity index (χ1v) is 9.21. The molecular weight excluding hydrogens is 338 g/mol. The fourth-order valence-corrected chi connectivity index (χ4v) is 3.99. The number of anilines is 1. The molecule has 2 aliphatic rings. The molecule has 1 N–H and O–H groups in total. The van der Waals surface area contributed by atoms with Crippen LogP contribution in [0.1, 0.15) is 19.3 Å². The normalized spacial score (nSPS) is 21.8. The van der Waals surface area contributed by atoms with Crippen molar-refractivity contribution in [2.75, 3.05) is 18.5 Å². The number of likely N-dealkylation sites (tertiary alicyclic amines) is 1. The van der Waals surface area contributed by atoms with Crippen LogP contribution in [0.3, 0.4) is 0 Å². The molecule has 7 heteroatoms. The highest BCUT2D eigenvalue weighted by molar-refractivity contribution is 7.09. The summed E-state index contributed by atoms with van der Waals surface area (Å²) in [7, 11) is 0. The molecule has 2 saturated heterocycles. The smallest absolute Gasteiger partial charge is 0.252 e. The predicted molar refractivity (Wildman–Crippen MR) is 95.3 cm³/mol. The number of imide groups is 1. The van der Waals surface area contributed by atoms with Crippen molar-refractivity contribution in [3.63, 3.8) is 0 Å². The van der Waals surface area contributed by atoms with Crippen molar-refractivity contribution in [1.82, 2.24) is 9.27 Å².